The molecule has 1 aliphatic rings. The first-order valence-corrected chi connectivity index (χ1v) is 12.0. The predicted molar refractivity (Wildman–Crippen MR) is 137 cm³/mol. The lowest BCUT2D eigenvalue weighted by molar-refractivity contribution is -0.128. The highest BCUT2D eigenvalue weighted by atomic mass is 32.1. The molecular weight excluding hydrogens is 442 g/mol. The molecule has 0 fully saturated rings. The minimum absolute atomic E-state index is 0.00630. The third-order valence-electron chi connectivity index (χ3n) is 5.70. The van der Waals surface area contributed by atoms with Crippen molar-refractivity contribution in [2.75, 3.05) is 6.54 Å². The Morgan fingerprint density at radius 3 is 2.15 bits per heavy atom. The number of Topliss-reactive ketones (excluding diaryl/α,β-unsaturated/α-hetero) is 1. The van der Waals surface area contributed by atoms with Crippen LogP contribution in [0.4, 0.5) is 0 Å². The number of ketones is 1. The second-order valence-electron chi connectivity index (χ2n) is 8.21. The molecule has 1 aliphatic heterocycles. The van der Waals surface area contributed by atoms with Gasteiger partial charge in [0.25, 0.3) is 0 Å². The summed E-state index contributed by atoms with van der Waals surface area (Å²) in [5.74, 6) is -0.0546. The lowest BCUT2D eigenvalue weighted by Crippen LogP contribution is -2.23. The summed E-state index contributed by atoms with van der Waals surface area (Å²) in [5.41, 5.74) is 5.54. The molecule has 0 aliphatic carbocycles. The van der Waals surface area contributed by atoms with Gasteiger partial charge in [-0.3, -0.25) is 9.59 Å². The van der Waals surface area contributed by atoms with Gasteiger partial charge in [0.15, 0.2) is 5.78 Å². The Kier molecular flexibility index (Phi) is 6.14. The number of carbonyl (C=O) groups excluding carboxylic acids is 2. The second kappa shape index (κ2) is 9.53. The summed E-state index contributed by atoms with van der Waals surface area (Å²) in [4.78, 5) is 30.6. The van der Waals surface area contributed by atoms with E-state index in [-0.39, 0.29) is 18.1 Å². The van der Waals surface area contributed by atoms with E-state index in [2.05, 4.69) is 29.4 Å². The number of hydrogen-bond acceptors (Lipinski definition) is 5. The Balaban J connectivity index is 1.38. The molecule has 34 heavy (non-hydrogen) atoms. The van der Waals surface area contributed by atoms with E-state index in [1.165, 1.54) is 5.01 Å². The molecule has 5 nitrogen and oxygen atoms in total. The molecule has 0 saturated heterocycles. The summed E-state index contributed by atoms with van der Waals surface area (Å²) in [6, 6.07) is 28.0. The Morgan fingerprint density at radius 2 is 1.53 bits per heavy atom. The second-order valence-corrected chi connectivity index (χ2v) is 9.21. The summed E-state index contributed by atoms with van der Waals surface area (Å²) in [6.07, 6.45) is 0.585. The number of hydrogen-bond donors (Lipinski definition) is 0. The van der Waals surface area contributed by atoms with Gasteiger partial charge in [0, 0.05) is 28.8 Å². The van der Waals surface area contributed by atoms with Gasteiger partial charge in [-0.05, 0) is 12.5 Å². The fourth-order valence-electron chi connectivity index (χ4n) is 3.95. The van der Waals surface area contributed by atoms with Crippen molar-refractivity contribution in [2.24, 2.45) is 5.10 Å². The van der Waals surface area contributed by atoms with E-state index in [1.807, 2.05) is 67.6 Å². The van der Waals surface area contributed by atoms with Crippen molar-refractivity contribution in [3.8, 4) is 32.3 Å². The van der Waals surface area contributed by atoms with E-state index in [0.717, 1.165) is 38.0 Å². The minimum Gasteiger partial charge on any atom is -0.294 e. The van der Waals surface area contributed by atoms with Crippen molar-refractivity contribution in [3.63, 3.8) is 0 Å². The summed E-state index contributed by atoms with van der Waals surface area (Å²) < 4.78 is 0. The SMILES string of the molecule is CC1=NN(CCC(=O)c2ccc(-c3nc(-c4ccccc4)c(-c4ccccc4)s3)cc2)C(=O)C1. The van der Waals surface area contributed by atoms with Gasteiger partial charge in [0.1, 0.15) is 5.01 Å². The van der Waals surface area contributed by atoms with Crippen LogP contribution in [0.1, 0.15) is 30.1 Å². The number of hydrazone groups is 1. The van der Waals surface area contributed by atoms with Gasteiger partial charge >= 0.3 is 0 Å². The molecule has 0 unspecified atom stereocenters. The number of carbonyl (C=O) groups is 2. The molecule has 0 spiro atoms. The molecular formula is C28H23N3O2S. The van der Waals surface area contributed by atoms with Crippen LogP contribution in [0.5, 0.6) is 0 Å². The third-order valence-corrected chi connectivity index (χ3v) is 6.85. The molecule has 3 aromatic carbocycles. The van der Waals surface area contributed by atoms with Crippen molar-refractivity contribution >= 4 is 28.7 Å². The van der Waals surface area contributed by atoms with Gasteiger partial charge < -0.3 is 0 Å². The molecule has 0 N–H and O–H groups in total. The smallest absolute Gasteiger partial charge is 0.248 e. The molecule has 2 heterocycles. The topological polar surface area (TPSA) is 62.6 Å². The van der Waals surface area contributed by atoms with E-state index in [9.17, 15) is 9.59 Å². The highest BCUT2D eigenvalue weighted by Gasteiger charge is 2.22. The Labute approximate surface area is 202 Å². The monoisotopic (exact) mass is 465 g/mol. The van der Waals surface area contributed by atoms with E-state index in [0.29, 0.717) is 18.5 Å². The van der Waals surface area contributed by atoms with Crippen LogP contribution in [0.3, 0.4) is 0 Å². The fraction of sp³-hybridized carbons (Fsp3) is 0.143. The van der Waals surface area contributed by atoms with Crippen LogP contribution in [-0.2, 0) is 4.79 Å². The van der Waals surface area contributed by atoms with E-state index >= 15 is 0 Å². The molecule has 1 aromatic heterocycles. The zero-order valence-corrected chi connectivity index (χ0v) is 19.6. The number of nitrogens with zero attached hydrogens (tertiary/aromatic N) is 3. The maximum atomic E-state index is 12.7. The van der Waals surface area contributed by atoms with Crippen molar-refractivity contribution < 1.29 is 9.59 Å². The molecule has 0 bridgehead atoms. The molecule has 1 amide bonds. The van der Waals surface area contributed by atoms with E-state index in [4.69, 9.17) is 4.98 Å². The number of rotatable bonds is 7. The van der Waals surface area contributed by atoms with Gasteiger partial charge in [0.05, 0.1) is 23.5 Å². The van der Waals surface area contributed by atoms with Crippen LogP contribution in [0, 0.1) is 0 Å². The molecule has 4 aromatic rings. The average molecular weight is 466 g/mol. The van der Waals surface area contributed by atoms with Gasteiger partial charge in [-0.25, -0.2) is 9.99 Å². The van der Waals surface area contributed by atoms with Crippen LogP contribution in [0.2, 0.25) is 0 Å². The van der Waals surface area contributed by atoms with Gasteiger partial charge in [-0.2, -0.15) is 5.10 Å². The van der Waals surface area contributed by atoms with Crippen LogP contribution in [-0.4, -0.2) is 33.9 Å². The van der Waals surface area contributed by atoms with E-state index < -0.39 is 0 Å². The Bertz CT molecular complexity index is 1300. The van der Waals surface area contributed by atoms with Crippen molar-refractivity contribution in [3.05, 3.63) is 90.5 Å². The Hall–Kier alpha value is -3.90. The van der Waals surface area contributed by atoms with Crippen LogP contribution >= 0.6 is 11.3 Å². The molecule has 0 radical (unpaired) electrons. The highest BCUT2D eigenvalue weighted by Crippen LogP contribution is 2.40. The first kappa shape index (κ1) is 21.9. The van der Waals surface area contributed by atoms with Crippen LogP contribution < -0.4 is 0 Å². The normalized spacial score (nSPS) is 13.3. The van der Waals surface area contributed by atoms with Gasteiger partial charge in [-0.1, -0.05) is 84.9 Å². The predicted octanol–water partition coefficient (Wildman–Crippen LogP) is 6.33. The lowest BCUT2D eigenvalue weighted by atomic mass is 10.1. The minimum atomic E-state index is -0.0483. The quantitative estimate of drug-likeness (QED) is 0.300. The largest absolute Gasteiger partial charge is 0.294 e. The molecule has 6 heteroatoms. The molecule has 5 rings (SSSR count). The van der Waals surface area contributed by atoms with Gasteiger partial charge in [0.2, 0.25) is 5.91 Å². The summed E-state index contributed by atoms with van der Waals surface area (Å²) in [6.45, 7) is 2.13. The number of thiazole rings is 1. The molecule has 0 saturated carbocycles. The van der Waals surface area contributed by atoms with E-state index in [1.54, 1.807) is 11.3 Å². The summed E-state index contributed by atoms with van der Waals surface area (Å²) >= 11 is 1.65. The zero-order chi connectivity index (χ0) is 23.5. The zero-order valence-electron chi connectivity index (χ0n) is 18.8. The summed E-state index contributed by atoms with van der Waals surface area (Å²) in [5, 5.41) is 6.49. The maximum Gasteiger partial charge on any atom is 0.248 e. The number of benzene rings is 3. The average Bonchev–Trinajstić information content (AvgIpc) is 3.46. The number of aromatic nitrogens is 1. The van der Waals surface area contributed by atoms with Crippen LogP contribution in [0.25, 0.3) is 32.3 Å². The van der Waals surface area contributed by atoms with Crippen LogP contribution in [0.15, 0.2) is 90.0 Å². The molecule has 0 atom stereocenters. The molecule has 168 valence electrons. The standard InChI is InChI=1S/C28H23N3O2S/c1-19-18-25(33)31(30-19)17-16-24(32)20-12-14-23(15-13-20)28-29-26(21-8-4-2-5-9-21)27(34-28)22-10-6-3-7-11-22/h2-15H,16-18H2,1H3. The van der Waals surface area contributed by atoms with Crippen molar-refractivity contribution in [1.29, 1.82) is 0 Å². The fourth-order valence-corrected chi connectivity index (χ4v) is 5.05. The number of amides is 1. The first-order valence-electron chi connectivity index (χ1n) is 11.2. The summed E-state index contributed by atoms with van der Waals surface area (Å²) in [7, 11) is 0. The van der Waals surface area contributed by atoms with Crippen molar-refractivity contribution in [1.82, 2.24) is 9.99 Å². The highest BCUT2D eigenvalue weighted by molar-refractivity contribution is 7.19. The Morgan fingerprint density at radius 1 is 0.882 bits per heavy atom. The van der Waals surface area contributed by atoms with Crippen molar-refractivity contribution in [2.45, 2.75) is 19.8 Å². The lowest BCUT2D eigenvalue weighted by Gasteiger charge is -2.10. The van der Waals surface area contributed by atoms with Gasteiger partial charge in [-0.15, -0.1) is 11.3 Å². The maximum absolute atomic E-state index is 12.7. The third kappa shape index (κ3) is 4.58. The first-order chi connectivity index (χ1) is 16.6.